The first-order valence-corrected chi connectivity index (χ1v) is 12.4. The Labute approximate surface area is 234 Å². The standard InChI is InChI=1S/C22H22ClN9O2.C2HF3O2/c1-12(28-21(34)18-19(25)29-32-4-2-3-27-20(18)32)15-6-16(23)17-8-26-11-31(17)22(15)30-9-13(7-24)5-14(33)10-30;3-2(4,5)1(6)7/h2-4,6,8,11-14,33H,5,9-10H2,1H3,(H2,25,29)(H,28,34);(H,6,7)/t12?,13-,14-;/m1./s1. The minimum absolute atomic E-state index is 0.0720. The Morgan fingerprint density at radius 1 is 1.34 bits per heavy atom. The van der Waals surface area contributed by atoms with Crippen LogP contribution >= 0.6 is 11.6 Å². The number of hydrogen-bond acceptors (Lipinski definition) is 9. The monoisotopic (exact) mass is 593 g/mol. The van der Waals surface area contributed by atoms with E-state index in [-0.39, 0.29) is 17.3 Å². The van der Waals surface area contributed by atoms with Gasteiger partial charge < -0.3 is 26.2 Å². The summed E-state index contributed by atoms with van der Waals surface area (Å²) >= 11 is 6.55. The number of nitriles is 1. The van der Waals surface area contributed by atoms with Crippen LogP contribution in [0.15, 0.2) is 37.1 Å². The SMILES string of the molecule is CC(NC(=O)c1c(N)nn2cccnc12)c1cc(Cl)c2cncn2c1N1C[C@H](O)C[C@H](C#N)C1.O=C(O)C(F)(F)F. The van der Waals surface area contributed by atoms with Crippen molar-refractivity contribution in [2.75, 3.05) is 23.7 Å². The molecule has 5 N–H and O–H groups in total. The zero-order chi connectivity index (χ0) is 30.1. The Morgan fingerprint density at radius 2 is 2.05 bits per heavy atom. The summed E-state index contributed by atoms with van der Waals surface area (Å²) in [6, 6.07) is 5.22. The van der Waals surface area contributed by atoms with Gasteiger partial charge in [0, 0.05) is 31.0 Å². The third-order valence-corrected chi connectivity index (χ3v) is 6.57. The molecule has 1 saturated heterocycles. The van der Waals surface area contributed by atoms with E-state index in [1.54, 1.807) is 37.1 Å². The number of halogens is 4. The average Bonchev–Trinajstić information content (AvgIpc) is 3.52. The van der Waals surface area contributed by atoms with Crippen molar-refractivity contribution in [2.24, 2.45) is 5.92 Å². The van der Waals surface area contributed by atoms with E-state index >= 15 is 0 Å². The molecule has 13 nitrogen and oxygen atoms in total. The van der Waals surface area contributed by atoms with Gasteiger partial charge in [-0.05, 0) is 25.5 Å². The van der Waals surface area contributed by atoms with Crippen LogP contribution in [0.4, 0.5) is 24.8 Å². The number of fused-ring (bicyclic) bond motifs is 2. The molecule has 17 heteroatoms. The number of aliphatic carboxylic acids is 1. The molecule has 0 bridgehead atoms. The Hall–Kier alpha value is -4.62. The highest BCUT2D eigenvalue weighted by atomic mass is 35.5. The number of piperidine rings is 1. The number of aliphatic hydroxyl groups is 1. The minimum atomic E-state index is -5.08. The van der Waals surface area contributed by atoms with Crippen LogP contribution in [0.2, 0.25) is 5.02 Å². The number of nitrogens with zero attached hydrogens (tertiary/aromatic N) is 7. The molecule has 3 atom stereocenters. The summed E-state index contributed by atoms with van der Waals surface area (Å²) in [5.74, 6) is -2.75. The molecule has 1 aliphatic rings. The first-order chi connectivity index (χ1) is 19.3. The number of alkyl halides is 3. The van der Waals surface area contributed by atoms with E-state index in [0.29, 0.717) is 47.1 Å². The Morgan fingerprint density at radius 3 is 2.71 bits per heavy atom. The van der Waals surface area contributed by atoms with Gasteiger partial charge in [0.1, 0.15) is 17.7 Å². The number of aromatic nitrogens is 5. The number of aliphatic hydroxyl groups excluding tert-OH is 1. The lowest BCUT2D eigenvalue weighted by molar-refractivity contribution is -0.192. The third-order valence-electron chi connectivity index (χ3n) is 6.27. The van der Waals surface area contributed by atoms with E-state index in [9.17, 15) is 28.3 Å². The molecule has 0 aromatic carbocycles. The number of amides is 1. The summed E-state index contributed by atoms with van der Waals surface area (Å²) in [7, 11) is 0. The van der Waals surface area contributed by atoms with E-state index in [2.05, 4.69) is 26.5 Å². The third kappa shape index (κ3) is 6.10. The van der Waals surface area contributed by atoms with Gasteiger partial charge in [0.15, 0.2) is 11.5 Å². The number of carbonyl (C=O) groups is 2. The van der Waals surface area contributed by atoms with Crippen molar-refractivity contribution in [3.8, 4) is 6.07 Å². The number of carboxylic acids is 1. The smallest absolute Gasteiger partial charge is 0.475 e. The summed E-state index contributed by atoms with van der Waals surface area (Å²) in [5, 5.41) is 34.6. The molecule has 1 amide bonds. The van der Waals surface area contributed by atoms with Crippen LogP contribution in [-0.4, -0.2) is 71.4 Å². The van der Waals surface area contributed by atoms with Gasteiger partial charge >= 0.3 is 12.1 Å². The van der Waals surface area contributed by atoms with Crippen LogP contribution < -0.4 is 16.0 Å². The second-order valence-electron chi connectivity index (χ2n) is 9.19. The Bertz CT molecular complexity index is 1650. The quantitative estimate of drug-likeness (QED) is 0.274. The molecule has 1 unspecified atom stereocenters. The summed E-state index contributed by atoms with van der Waals surface area (Å²) in [4.78, 5) is 32.5. The Kier molecular flexibility index (Phi) is 8.22. The molecular formula is C24H23ClF3N9O4. The van der Waals surface area contributed by atoms with Crippen LogP contribution in [0.3, 0.4) is 0 Å². The van der Waals surface area contributed by atoms with Crippen LogP contribution in [0.5, 0.6) is 0 Å². The largest absolute Gasteiger partial charge is 0.490 e. The number of anilines is 2. The van der Waals surface area contributed by atoms with Gasteiger partial charge in [0.05, 0.1) is 40.9 Å². The number of β-amino-alcohol motifs (C(OH)–C–C–N with tert-alkyl or cyclic N) is 1. The number of hydrogen-bond donors (Lipinski definition) is 4. The normalized spacial score (nSPS) is 17.9. The predicted octanol–water partition coefficient (Wildman–Crippen LogP) is 2.45. The minimum Gasteiger partial charge on any atom is -0.475 e. The van der Waals surface area contributed by atoms with Gasteiger partial charge in [-0.1, -0.05) is 11.6 Å². The lowest BCUT2D eigenvalue weighted by atomic mass is 9.96. The van der Waals surface area contributed by atoms with Crippen molar-refractivity contribution in [3.05, 3.63) is 53.2 Å². The van der Waals surface area contributed by atoms with Crippen LogP contribution in [0, 0.1) is 17.2 Å². The van der Waals surface area contributed by atoms with E-state index < -0.39 is 30.2 Å². The molecule has 1 fully saturated rings. The van der Waals surface area contributed by atoms with E-state index in [0.717, 1.165) is 0 Å². The second kappa shape index (κ2) is 11.5. The molecule has 4 aromatic rings. The molecule has 0 spiro atoms. The van der Waals surface area contributed by atoms with Crippen molar-refractivity contribution in [1.29, 1.82) is 5.26 Å². The van der Waals surface area contributed by atoms with E-state index in [1.807, 2.05) is 16.2 Å². The summed E-state index contributed by atoms with van der Waals surface area (Å²) < 4.78 is 35.0. The number of pyridine rings is 1. The zero-order valence-corrected chi connectivity index (χ0v) is 22.0. The Balaban J connectivity index is 0.000000493. The van der Waals surface area contributed by atoms with E-state index in [4.69, 9.17) is 27.2 Å². The van der Waals surface area contributed by atoms with Crippen LogP contribution in [-0.2, 0) is 4.79 Å². The fourth-order valence-corrected chi connectivity index (χ4v) is 4.77. The summed E-state index contributed by atoms with van der Waals surface area (Å²) in [6.45, 7) is 2.60. The van der Waals surface area contributed by atoms with Crippen molar-refractivity contribution in [3.63, 3.8) is 0 Å². The highest BCUT2D eigenvalue weighted by Crippen LogP contribution is 2.35. The van der Waals surface area contributed by atoms with Crippen molar-refractivity contribution >= 4 is 46.3 Å². The topological polar surface area (TPSA) is 187 Å². The highest BCUT2D eigenvalue weighted by Gasteiger charge is 2.38. The zero-order valence-electron chi connectivity index (χ0n) is 21.2. The first kappa shape index (κ1) is 29.4. The maximum Gasteiger partial charge on any atom is 0.490 e. The van der Waals surface area contributed by atoms with Gasteiger partial charge in [0.25, 0.3) is 5.91 Å². The molecule has 0 radical (unpaired) electrons. The summed E-state index contributed by atoms with van der Waals surface area (Å²) in [6.07, 6.45) is 1.17. The number of rotatable bonds is 4. The van der Waals surface area contributed by atoms with Crippen molar-refractivity contribution < 1.29 is 33.0 Å². The van der Waals surface area contributed by atoms with Crippen LogP contribution in [0.1, 0.15) is 35.3 Å². The first-order valence-electron chi connectivity index (χ1n) is 12.0. The predicted molar refractivity (Wildman–Crippen MR) is 139 cm³/mol. The van der Waals surface area contributed by atoms with Gasteiger partial charge in [-0.25, -0.2) is 19.3 Å². The van der Waals surface area contributed by atoms with Gasteiger partial charge in [-0.2, -0.15) is 18.4 Å². The lowest BCUT2D eigenvalue weighted by Crippen LogP contribution is -2.44. The molecule has 5 rings (SSSR count). The fraction of sp³-hybridized carbons (Fsp3) is 0.333. The van der Waals surface area contributed by atoms with Gasteiger partial charge in [-0.3, -0.25) is 9.20 Å². The fourth-order valence-electron chi connectivity index (χ4n) is 4.52. The molecule has 1 aliphatic heterocycles. The molecule has 41 heavy (non-hydrogen) atoms. The average molecular weight is 594 g/mol. The van der Waals surface area contributed by atoms with Gasteiger partial charge in [0.2, 0.25) is 0 Å². The van der Waals surface area contributed by atoms with Crippen LogP contribution in [0.25, 0.3) is 11.2 Å². The maximum absolute atomic E-state index is 13.2. The van der Waals surface area contributed by atoms with Gasteiger partial charge in [-0.15, -0.1) is 5.10 Å². The number of carboxylic acid groups (broad SMARTS) is 1. The molecule has 0 aliphatic carbocycles. The van der Waals surface area contributed by atoms with Crippen molar-refractivity contribution in [1.82, 2.24) is 29.3 Å². The lowest BCUT2D eigenvalue weighted by Gasteiger charge is -2.37. The molecular weight excluding hydrogens is 571 g/mol. The molecule has 216 valence electrons. The molecule has 0 saturated carbocycles. The molecule has 5 heterocycles. The van der Waals surface area contributed by atoms with E-state index in [1.165, 1.54) is 4.52 Å². The number of nitrogen functional groups attached to an aromatic ring is 1. The number of imidazole rings is 1. The summed E-state index contributed by atoms with van der Waals surface area (Å²) in [5.41, 5.74) is 7.94. The maximum atomic E-state index is 13.2. The number of nitrogens with one attached hydrogen (secondary N) is 1. The molecule has 4 aromatic heterocycles. The number of nitrogens with two attached hydrogens (primary N) is 1. The second-order valence-corrected chi connectivity index (χ2v) is 9.59. The highest BCUT2D eigenvalue weighted by molar-refractivity contribution is 6.34. The number of carbonyl (C=O) groups excluding carboxylic acids is 1. The van der Waals surface area contributed by atoms with Crippen molar-refractivity contribution in [2.45, 2.75) is 31.7 Å².